The number of ether oxygens (including phenoxy) is 2. The molecule has 0 bridgehead atoms. The van der Waals surface area contributed by atoms with Crippen molar-refractivity contribution >= 4 is 40.0 Å². The van der Waals surface area contributed by atoms with Crippen molar-refractivity contribution in [2.24, 2.45) is 0 Å². The zero-order valence-corrected chi connectivity index (χ0v) is 29.4. The Hall–Kier alpha value is -5.32. The highest BCUT2D eigenvalue weighted by Crippen LogP contribution is 2.44. The van der Waals surface area contributed by atoms with Crippen molar-refractivity contribution in [3.8, 4) is 5.75 Å². The summed E-state index contributed by atoms with van der Waals surface area (Å²) in [4.78, 5) is 27.3. The lowest BCUT2D eigenvalue weighted by Crippen LogP contribution is -2.53. The SMILES string of the molecule is COc1ccc(F)cc1C(C)(C)CC(O)(CNc1cccc2nc(COC(C)=O)ccc12)C(F)(F)F.O=[N+]([O-])c1cccc2c1C=CCN2C(O)CO. The fourth-order valence-electron chi connectivity index (χ4n) is 6.03. The lowest BCUT2D eigenvalue weighted by molar-refractivity contribution is -0.385. The molecule has 1 aliphatic rings. The first-order valence-corrected chi connectivity index (χ1v) is 16.3. The summed E-state index contributed by atoms with van der Waals surface area (Å²) in [6.07, 6.45) is -3.42. The van der Waals surface area contributed by atoms with Crippen LogP contribution in [0.15, 0.2) is 72.8 Å². The maximum Gasteiger partial charge on any atom is 0.418 e. The van der Waals surface area contributed by atoms with E-state index in [-0.39, 0.29) is 23.6 Å². The minimum atomic E-state index is -4.99. The van der Waals surface area contributed by atoms with E-state index in [2.05, 4.69) is 10.3 Å². The molecule has 0 radical (unpaired) electrons. The highest BCUT2D eigenvalue weighted by atomic mass is 19.4. The lowest BCUT2D eigenvalue weighted by Gasteiger charge is -2.38. The molecular weight excluding hydrogens is 704 g/mol. The number of benzene rings is 3. The van der Waals surface area contributed by atoms with Gasteiger partial charge in [0.25, 0.3) is 5.69 Å². The molecule has 0 fully saturated rings. The summed E-state index contributed by atoms with van der Waals surface area (Å²) in [5.74, 6) is -0.856. The van der Waals surface area contributed by atoms with Crippen LogP contribution >= 0.6 is 0 Å². The molecule has 3 aromatic carbocycles. The van der Waals surface area contributed by atoms with Crippen molar-refractivity contribution in [1.29, 1.82) is 0 Å². The van der Waals surface area contributed by atoms with E-state index in [1.54, 1.807) is 54.6 Å². The van der Waals surface area contributed by atoms with Crippen LogP contribution in [0.3, 0.4) is 0 Å². The van der Waals surface area contributed by atoms with Gasteiger partial charge in [0.15, 0.2) is 11.8 Å². The number of halogens is 4. The van der Waals surface area contributed by atoms with E-state index in [4.69, 9.17) is 14.6 Å². The lowest BCUT2D eigenvalue weighted by atomic mass is 9.74. The molecule has 0 saturated carbocycles. The van der Waals surface area contributed by atoms with Crippen molar-refractivity contribution in [3.05, 3.63) is 106 Å². The normalized spacial score (nSPS) is 14.4. The summed E-state index contributed by atoms with van der Waals surface area (Å²) in [7, 11) is 1.34. The van der Waals surface area contributed by atoms with Crippen molar-refractivity contribution in [2.75, 3.05) is 37.0 Å². The summed E-state index contributed by atoms with van der Waals surface area (Å²) < 4.78 is 66.6. The van der Waals surface area contributed by atoms with Crippen molar-refractivity contribution in [2.45, 2.75) is 57.2 Å². The number of rotatable bonds is 12. The Morgan fingerprint density at radius 2 is 1.83 bits per heavy atom. The highest BCUT2D eigenvalue weighted by molar-refractivity contribution is 5.91. The Morgan fingerprint density at radius 1 is 1.11 bits per heavy atom. The summed E-state index contributed by atoms with van der Waals surface area (Å²) >= 11 is 0. The number of nitrogens with one attached hydrogen (secondary N) is 1. The number of fused-ring (bicyclic) bond motifs is 2. The number of alkyl halides is 3. The van der Waals surface area contributed by atoms with E-state index in [0.29, 0.717) is 40.1 Å². The number of carbonyl (C=O) groups excluding carboxylic acids is 1. The average Bonchev–Trinajstić information content (AvgIpc) is 3.11. The molecule has 0 aliphatic carbocycles. The molecule has 1 aliphatic heterocycles. The van der Waals surface area contributed by atoms with E-state index in [1.165, 1.54) is 44.9 Å². The van der Waals surface area contributed by atoms with Gasteiger partial charge in [0.05, 0.1) is 47.6 Å². The molecular formula is C37H40F4N4O8. The molecule has 2 heterocycles. The van der Waals surface area contributed by atoms with Crippen LogP contribution in [-0.4, -0.2) is 76.0 Å². The molecule has 0 spiro atoms. The second-order valence-corrected chi connectivity index (χ2v) is 12.9. The maximum absolute atomic E-state index is 14.2. The van der Waals surface area contributed by atoms with Gasteiger partial charge < -0.3 is 35.0 Å². The van der Waals surface area contributed by atoms with E-state index >= 15 is 0 Å². The Kier molecular flexibility index (Phi) is 12.6. The number of nitro groups is 1. The molecule has 5 rings (SSSR count). The molecule has 2 unspecified atom stereocenters. The smallest absolute Gasteiger partial charge is 0.418 e. The highest BCUT2D eigenvalue weighted by Gasteiger charge is 2.56. The quantitative estimate of drug-likeness (QED) is 0.0560. The molecule has 16 heteroatoms. The molecule has 4 N–H and O–H groups in total. The van der Waals surface area contributed by atoms with E-state index in [0.717, 1.165) is 12.1 Å². The molecule has 53 heavy (non-hydrogen) atoms. The van der Waals surface area contributed by atoms with Gasteiger partial charge in [-0.25, -0.2) is 9.37 Å². The number of nitro benzene ring substituents is 1. The van der Waals surface area contributed by atoms with Crippen molar-refractivity contribution in [1.82, 2.24) is 4.98 Å². The molecule has 1 aromatic heterocycles. The first-order chi connectivity index (χ1) is 24.9. The molecule has 0 saturated heterocycles. The van der Waals surface area contributed by atoms with Gasteiger partial charge in [-0.2, -0.15) is 13.2 Å². The Morgan fingerprint density at radius 3 is 2.47 bits per heavy atom. The van der Waals surface area contributed by atoms with Crippen LogP contribution in [-0.2, 0) is 21.6 Å². The van der Waals surface area contributed by atoms with Gasteiger partial charge in [0.1, 0.15) is 18.2 Å². The number of aromatic nitrogens is 1. The van der Waals surface area contributed by atoms with E-state index < -0.39 is 59.7 Å². The first kappa shape index (κ1) is 40.5. The number of carbonyl (C=O) groups is 1. The van der Waals surface area contributed by atoms with Crippen LogP contribution in [0.1, 0.15) is 44.0 Å². The minimum absolute atomic E-state index is 0.00594. The first-order valence-electron chi connectivity index (χ1n) is 16.3. The Labute approximate surface area is 302 Å². The van der Waals surface area contributed by atoms with Gasteiger partial charge in [0.2, 0.25) is 0 Å². The fourth-order valence-corrected chi connectivity index (χ4v) is 6.03. The molecule has 284 valence electrons. The zero-order chi connectivity index (χ0) is 39.1. The standard InChI is InChI=1S/C26H28F4N2O4.C11H12N2O4/c1-16(33)36-13-18-9-10-19-21(6-5-7-22(19)32-18)31-15-25(34,26(28,29)30)14-24(2,3)20-12-17(27)8-11-23(20)35-4;14-7-11(15)12-6-2-3-8-9(12)4-1-5-10(8)13(16)17/h5-12,31,34H,13-15H2,1-4H3;1-5,11,14-15H,6-7H2. The second kappa shape index (κ2) is 16.6. The second-order valence-electron chi connectivity index (χ2n) is 12.9. The van der Waals surface area contributed by atoms with Gasteiger partial charge in [-0.1, -0.05) is 32.1 Å². The molecule has 12 nitrogen and oxygen atoms in total. The Bertz CT molecular complexity index is 1970. The summed E-state index contributed by atoms with van der Waals surface area (Å²) in [6, 6.07) is 16.4. The number of anilines is 2. The summed E-state index contributed by atoms with van der Waals surface area (Å²) in [6.45, 7) is 3.37. The number of hydrogen-bond donors (Lipinski definition) is 4. The largest absolute Gasteiger partial charge is 0.496 e. The third kappa shape index (κ3) is 9.57. The molecule has 2 atom stereocenters. The monoisotopic (exact) mass is 744 g/mol. The zero-order valence-electron chi connectivity index (χ0n) is 29.4. The van der Waals surface area contributed by atoms with E-state index in [9.17, 15) is 42.7 Å². The van der Waals surface area contributed by atoms with Gasteiger partial charge in [-0.3, -0.25) is 14.9 Å². The fraction of sp³-hybridized carbons (Fsp3) is 0.351. The maximum atomic E-state index is 14.2. The number of pyridine rings is 1. The number of hydrogen-bond acceptors (Lipinski definition) is 11. The number of methoxy groups -OCH3 is 1. The summed E-state index contributed by atoms with van der Waals surface area (Å²) in [5.41, 5.74) is -1.94. The van der Waals surface area contributed by atoms with Crippen LogP contribution < -0.4 is 15.0 Å². The van der Waals surface area contributed by atoms with Crippen molar-refractivity contribution in [3.63, 3.8) is 0 Å². The van der Waals surface area contributed by atoms with Gasteiger partial charge in [-0.05, 0) is 66.4 Å². The van der Waals surface area contributed by atoms with Crippen LogP contribution in [0.5, 0.6) is 5.75 Å². The third-order valence-electron chi connectivity index (χ3n) is 8.61. The predicted octanol–water partition coefficient (Wildman–Crippen LogP) is 6.26. The Balaban J connectivity index is 0.000000306. The molecule has 4 aromatic rings. The van der Waals surface area contributed by atoms with Crippen LogP contribution in [0.4, 0.5) is 34.6 Å². The number of aliphatic hydroxyl groups is 3. The third-order valence-corrected chi connectivity index (χ3v) is 8.61. The van der Waals surface area contributed by atoms with Gasteiger partial charge >= 0.3 is 12.1 Å². The van der Waals surface area contributed by atoms with Gasteiger partial charge in [0, 0.05) is 36.2 Å². The van der Waals surface area contributed by atoms with E-state index in [1.807, 2.05) is 0 Å². The molecule has 0 amide bonds. The topological polar surface area (TPSA) is 168 Å². The van der Waals surface area contributed by atoms with Crippen LogP contribution in [0.25, 0.3) is 17.0 Å². The predicted molar refractivity (Wildman–Crippen MR) is 190 cm³/mol. The number of esters is 1. The average molecular weight is 745 g/mol. The van der Waals surface area contributed by atoms with Crippen LogP contribution in [0.2, 0.25) is 0 Å². The number of aliphatic hydroxyl groups excluding tert-OH is 2. The van der Waals surface area contributed by atoms with Crippen molar-refractivity contribution < 1.29 is 52.1 Å². The minimum Gasteiger partial charge on any atom is -0.496 e. The number of nitrogens with zero attached hydrogens (tertiary/aromatic N) is 3. The van der Waals surface area contributed by atoms with Gasteiger partial charge in [-0.15, -0.1) is 0 Å². The van der Waals surface area contributed by atoms with Crippen LogP contribution in [0, 0.1) is 15.9 Å². The summed E-state index contributed by atoms with van der Waals surface area (Å²) in [5, 5.41) is 43.6.